The van der Waals surface area contributed by atoms with Gasteiger partial charge >= 0.3 is 5.97 Å². The average Bonchev–Trinajstić information content (AvgIpc) is 2.10. The molecule has 74 valence electrons. The first-order valence-electron chi connectivity index (χ1n) is 4.01. The summed E-state index contributed by atoms with van der Waals surface area (Å²) in [4.78, 5) is 10.2. The summed E-state index contributed by atoms with van der Waals surface area (Å²) in [6.07, 6.45) is 2.38. The summed E-state index contributed by atoms with van der Waals surface area (Å²) in [7, 11) is 0. The van der Waals surface area contributed by atoms with Gasteiger partial charge in [0.25, 0.3) is 0 Å². The Kier molecular flexibility index (Phi) is 5.59. The average molecular weight is 187 g/mol. The second-order valence-electron chi connectivity index (χ2n) is 2.50. The Hall–Kier alpha value is -1.32. The highest BCUT2D eigenvalue weighted by Gasteiger charge is 2.02. The monoisotopic (exact) mass is 187 g/mol. The summed E-state index contributed by atoms with van der Waals surface area (Å²) in [6.45, 7) is 4.55. The minimum absolute atomic E-state index is 0.236. The molecule has 0 aliphatic rings. The highest BCUT2D eigenvalue weighted by molar-refractivity contribution is 5.69. The van der Waals surface area contributed by atoms with Crippen LogP contribution in [-0.4, -0.2) is 24.3 Å². The molecule has 0 radical (unpaired) electrons. The highest BCUT2D eigenvalue weighted by atomic mass is 19.1. The molecule has 0 fully saturated rings. The van der Waals surface area contributed by atoms with Crippen LogP contribution in [0.2, 0.25) is 0 Å². The number of carboxylic acids is 1. The fraction of sp³-hybridized carbons (Fsp3) is 0.444. The van der Waals surface area contributed by atoms with Gasteiger partial charge < -0.3 is 10.4 Å². The third-order valence-corrected chi connectivity index (χ3v) is 1.44. The van der Waals surface area contributed by atoms with Gasteiger partial charge in [-0.25, -0.2) is 4.39 Å². The first-order chi connectivity index (χ1) is 6.11. The van der Waals surface area contributed by atoms with Gasteiger partial charge in [-0.05, 0) is 6.42 Å². The number of hydrogen-bond donors (Lipinski definition) is 2. The Morgan fingerprint density at radius 3 is 2.69 bits per heavy atom. The maximum Gasteiger partial charge on any atom is 0.322 e. The van der Waals surface area contributed by atoms with E-state index in [4.69, 9.17) is 5.11 Å². The Bertz CT molecular complexity index is 224. The maximum absolute atomic E-state index is 12.3. The first-order valence-corrected chi connectivity index (χ1v) is 4.01. The number of allylic oxidation sites excluding steroid dienone is 2. The van der Waals surface area contributed by atoms with Gasteiger partial charge in [0.2, 0.25) is 0 Å². The van der Waals surface area contributed by atoms with Crippen molar-refractivity contribution in [1.82, 2.24) is 5.32 Å². The largest absolute Gasteiger partial charge is 0.480 e. The molecular formula is C9H14FNO2. The number of carbonyl (C=O) groups is 1. The lowest BCUT2D eigenvalue weighted by Crippen LogP contribution is -2.22. The van der Waals surface area contributed by atoms with Crippen molar-refractivity contribution < 1.29 is 14.3 Å². The number of halogens is 1. The van der Waals surface area contributed by atoms with Crippen molar-refractivity contribution in [1.29, 1.82) is 0 Å². The SMILES string of the molecule is C=C(NCC(=O)O)/C(=C\CC)CF. The highest BCUT2D eigenvalue weighted by Crippen LogP contribution is 2.06. The van der Waals surface area contributed by atoms with Crippen molar-refractivity contribution in [2.24, 2.45) is 0 Å². The Morgan fingerprint density at radius 2 is 2.31 bits per heavy atom. The zero-order chi connectivity index (χ0) is 10.3. The molecule has 0 aromatic rings. The summed E-state index contributed by atoms with van der Waals surface area (Å²) >= 11 is 0. The third kappa shape index (κ3) is 5.00. The van der Waals surface area contributed by atoms with Gasteiger partial charge in [0.15, 0.2) is 0 Å². The predicted molar refractivity (Wildman–Crippen MR) is 49.1 cm³/mol. The number of carboxylic acid groups (broad SMARTS) is 1. The molecule has 0 unspecified atom stereocenters. The van der Waals surface area contributed by atoms with E-state index in [-0.39, 0.29) is 6.54 Å². The molecule has 0 aromatic carbocycles. The molecule has 0 saturated heterocycles. The van der Waals surface area contributed by atoms with E-state index in [1.165, 1.54) is 0 Å². The van der Waals surface area contributed by atoms with Gasteiger partial charge in [-0.1, -0.05) is 19.6 Å². The van der Waals surface area contributed by atoms with E-state index in [0.29, 0.717) is 17.7 Å². The number of hydrogen-bond acceptors (Lipinski definition) is 2. The van der Waals surface area contributed by atoms with Crippen molar-refractivity contribution in [3.63, 3.8) is 0 Å². The smallest absolute Gasteiger partial charge is 0.322 e. The van der Waals surface area contributed by atoms with E-state index in [1.807, 2.05) is 6.92 Å². The van der Waals surface area contributed by atoms with Crippen LogP contribution in [0, 0.1) is 0 Å². The number of nitrogens with one attached hydrogen (secondary N) is 1. The minimum atomic E-state index is -0.990. The molecule has 13 heavy (non-hydrogen) atoms. The van der Waals surface area contributed by atoms with Crippen molar-refractivity contribution >= 4 is 5.97 Å². The molecule has 0 atom stereocenters. The van der Waals surface area contributed by atoms with Crippen molar-refractivity contribution in [3.8, 4) is 0 Å². The van der Waals surface area contributed by atoms with Gasteiger partial charge in [0.05, 0.1) is 0 Å². The molecule has 0 aliphatic heterocycles. The van der Waals surface area contributed by atoms with Crippen LogP contribution in [0.1, 0.15) is 13.3 Å². The predicted octanol–water partition coefficient (Wildman–Crippen LogP) is 1.48. The molecule has 0 heterocycles. The first kappa shape index (κ1) is 11.7. The topological polar surface area (TPSA) is 49.3 Å². The third-order valence-electron chi connectivity index (χ3n) is 1.44. The van der Waals surface area contributed by atoms with Gasteiger partial charge in [-0.2, -0.15) is 0 Å². The summed E-state index contributed by atoms with van der Waals surface area (Å²) < 4.78 is 12.3. The van der Waals surface area contributed by atoms with Crippen molar-refractivity contribution in [3.05, 3.63) is 23.9 Å². The van der Waals surface area contributed by atoms with E-state index in [2.05, 4.69) is 11.9 Å². The van der Waals surface area contributed by atoms with Crippen LogP contribution in [0.25, 0.3) is 0 Å². The lowest BCUT2D eigenvalue weighted by Gasteiger charge is -2.08. The summed E-state index contributed by atoms with van der Waals surface area (Å²) in [5, 5.41) is 10.8. The zero-order valence-corrected chi connectivity index (χ0v) is 7.64. The second-order valence-corrected chi connectivity index (χ2v) is 2.50. The van der Waals surface area contributed by atoms with Crippen LogP contribution in [0.4, 0.5) is 4.39 Å². The van der Waals surface area contributed by atoms with Gasteiger partial charge in [-0.15, -0.1) is 0 Å². The Morgan fingerprint density at radius 1 is 1.69 bits per heavy atom. The summed E-state index contributed by atoms with van der Waals surface area (Å²) in [6, 6.07) is 0. The van der Waals surface area contributed by atoms with E-state index < -0.39 is 12.6 Å². The van der Waals surface area contributed by atoms with Crippen molar-refractivity contribution in [2.75, 3.05) is 13.2 Å². The van der Waals surface area contributed by atoms with Gasteiger partial charge in [-0.3, -0.25) is 4.79 Å². The van der Waals surface area contributed by atoms with Gasteiger partial charge in [0, 0.05) is 11.3 Å². The van der Waals surface area contributed by atoms with Crippen LogP contribution in [-0.2, 0) is 4.79 Å². The molecule has 0 saturated carbocycles. The van der Waals surface area contributed by atoms with Crippen molar-refractivity contribution in [2.45, 2.75) is 13.3 Å². The second kappa shape index (κ2) is 6.22. The van der Waals surface area contributed by atoms with E-state index >= 15 is 0 Å². The molecule has 0 rings (SSSR count). The fourth-order valence-corrected chi connectivity index (χ4v) is 0.801. The van der Waals surface area contributed by atoms with Crippen LogP contribution < -0.4 is 5.32 Å². The Labute approximate surface area is 77.0 Å². The Balaban J connectivity index is 4.07. The van der Waals surface area contributed by atoms with E-state index in [9.17, 15) is 9.18 Å². The molecule has 0 aliphatic carbocycles. The van der Waals surface area contributed by atoms with E-state index in [0.717, 1.165) is 0 Å². The quantitative estimate of drug-likeness (QED) is 0.619. The normalized spacial score (nSPS) is 11.1. The molecule has 0 aromatic heterocycles. The van der Waals surface area contributed by atoms with Crippen LogP contribution >= 0.6 is 0 Å². The summed E-state index contributed by atoms with van der Waals surface area (Å²) in [5.74, 6) is -0.990. The zero-order valence-electron chi connectivity index (χ0n) is 7.64. The lowest BCUT2D eigenvalue weighted by molar-refractivity contribution is -0.135. The number of rotatable bonds is 6. The van der Waals surface area contributed by atoms with E-state index in [1.54, 1.807) is 6.08 Å². The van der Waals surface area contributed by atoms with Crippen LogP contribution in [0.5, 0.6) is 0 Å². The molecule has 4 heteroatoms. The van der Waals surface area contributed by atoms with Crippen LogP contribution in [0.3, 0.4) is 0 Å². The fourth-order valence-electron chi connectivity index (χ4n) is 0.801. The number of alkyl halides is 1. The standard InChI is InChI=1S/C9H14FNO2/c1-3-4-8(5-10)7(2)11-6-9(12)13/h4,11H,2-3,5-6H2,1H3,(H,12,13)/b8-4-. The number of aliphatic carboxylic acids is 1. The van der Waals surface area contributed by atoms with Crippen LogP contribution in [0.15, 0.2) is 23.9 Å². The minimum Gasteiger partial charge on any atom is -0.480 e. The van der Waals surface area contributed by atoms with Gasteiger partial charge in [0.1, 0.15) is 13.2 Å². The lowest BCUT2D eigenvalue weighted by atomic mass is 10.2. The maximum atomic E-state index is 12.3. The molecule has 0 bridgehead atoms. The molecule has 3 nitrogen and oxygen atoms in total. The molecule has 0 amide bonds. The molecule has 0 spiro atoms. The molecular weight excluding hydrogens is 173 g/mol. The summed E-state index contributed by atoms with van der Waals surface area (Å²) in [5.41, 5.74) is 0.760. The molecule has 2 N–H and O–H groups in total.